The van der Waals surface area contributed by atoms with Crippen LogP contribution in [0.3, 0.4) is 0 Å². The van der Waals surface area contributed by atoms with Crippen molar-refractivity contribution in [2.24, 2.45) is 5.92 Å². The number of carbonyl (C=O) groups is 2. The molecule has 1 aliphatic heterocycles. The zero-order valence-electron chi connectivity index (χ0n) is 10.4. The molecule has 1 N–H and O–H groups in total. The third-order valence-corrected chi connectivity index (χ3v) is 3.59. The van der Waals surface area contributed by atoms with Gasteiger partial charge in [0, 0.05) is 30.6 Å². The number of halogens is 1. The summed E-state index contributed by atoms with van der Waals surface area (Å²) in [6, 6.07) is 4.62. The lowest BCUT2D eigenvalue weighted by atomic mass is 10.1. The highest BCUT2D eigenvalue weighted by Crippen LogP contribution is 2.30. The van der Waals surface area contributed by atoms with Gasteiger partial charge in [-0.25, -0.2) is 4.79 Å². The fourth-order valence-electron chi connectivity index (χ4n) is 2.16. The summed E-state index contributed by atoms with van der Waals surface area (Å²) in [5.74, 6) is -0.246. The van der Waals surface area contributed by atoms with Crippen LogP contribution >= 0.6 is 11.6 Å². The topological polar surface area (TPSA) is 66.8 Å². The van der Waals surface area contributed by atoms with Crippen molar-refractivity contribution in [3.05, 3.63) is 23.8 Å². The van der Waals surface area contributed by atoms with Crippen LogP contribution in [0.1, 0.15) is 16.8 Å². The highest BCUT2D eigenvalue weighted by atomic mass is 35.5. The number of benzene rings is 1. The summed E-state index contributed by atoms with van der Waals surface area (Å²) in [4.78, 5) is 24.5. The van der Waals surface area contributed by atoms with Crippen LogP contribution in [0.25, 0.3) is 0 Å². The van der Waals surface area contributed by atoms with E-state index >= 15 is 0 Å². The third-order valence-electron chi connectivity index (χ3n) is 3.15. The lowest BCUT2D eigenvalue weighted by molar-refractivity contribution is -0.117. The number of nitrogens with zero attached hydrogens (tertiary/aromatic N) is 1. The molecule has 0 saturated carbocycles. The number of alkyl halides is 1. The molecular weight excluding hydrogens is 270 g/mol. The van der Waals surface area contributed by atoms with Crippen LogP contribution in [0.4, 0.5) is 5.69 Å². The molecule has 0 spiro atoms. The van der Waals surface area contributed by atoms with E-state index in [1.54, 1.807) is 17.0 Å². The van der Waals surface area contributed by atoms with Crippen molar-refractivity contribution >= 4 is 29.2 Å². The van der Waals surface area contributed by atoms with E-state index in [0.29, 0.717) is 24.5 Å². The summed E-state index contributed by atoms with van der Waals surface area (Å²) in [6.07, 6.45) is 0.423. The van der Waals surface area contributed by atoms with Crippen LogP contribution in [0, 0.1) is 5.92 Å². The highest BCUT2D eigenvalue weighted by molar-refractivity contribution is 6.18. The Morgan fingerprint density at radius 3 is 2.84 bits per heavy atom. The van der Waals surface area contributed by atoms with E-state index in [1.165, 1.54) is 13.2 Å². The molecular formula is C13H14ClNO4. The molecule has 0 bridgehead atoms. The molecule has 1 aliphatic rings. The number of ether oxygens (including phenoxy) is 1. The fourth-order valence-corrected chi connectivity index (χ4v) is 2.37. The number of carbonyl (C=O) groups excluding carboxylic acids is 1. The second-order valence-electron chi connectivity index (χ2n) is 4.42. The minimum absolute atomic E-state index is 0.00391. The number of carboxylic acid groups (broad SMARTS) is 1. The molecule has 1 fully saturated rings. The number of amides is 1. The van der Waals surface area contributed by atoms with Gasteiger partial charge in [0.25, 0.3) is 0 Å². The molecule has 1 saturated heterocycles. The summed E-state index contributed by atoms with van der Waals surface area (Å²) < 4.78 is 5.05. The number of hydrogen-bond acceptors (Lipinski definition) is 3. The van der Waals surface area contributed by atoms with Crippen molar-refractivity contribution in [1.29, 1.82) is 0 Å². The Morgan fingerprint density at radius 1 is 1.58 bits per heavy atom. The molecule has 1 unspecified atom stereocenters. The first-order chi connectivity index (χ1) is 9.06. The van der Waals surface area contributed by atoms with Gasteiger partial charge in [0.05, 0.1) is 7.11 Å². The zero-order valence-corrected chi connectivity index (χ0v) is 11.2. The monoisotopic (exact) mass is 283 g/mol. The molecule has 1 atom stereocenters. The van der Waals surface area contributed by atoms with E-state index in [1.807, 2.05) is 0 Å². The van der Waals surface area contributed by atoms with Gasteiger partial charge in [0.2, 0.25) is 5.91 Å². The molecule has 19 heavy (non-hydrogen) atoms. The normalized spacial score (nSPS) is 18.7. The molecule has 0 aliphatic carbocycles. The highest BCUT2D eigenvalue weighted by Gasteiger charge is 2.30. The van der Waals surface area contributed by atoms with Gasteiger partial charge in [-0.15, -0.1) is 11.6 Å². The van der Waals surface area contributed by atoms with Crippen molar-refractivity contribution in [1.82, 2.24) is 0 Å². The van der Waals surface area contributed by atoms with Gasteiger partial charge < -0.3 is 14.7 Å². The Morgan fingerprint density at radius 2 is 2.32 bits per heavy atom. The smallest absolute Gasteiger partial charge is 0.339 e. The summed E-state index contributed by atoms with van der Waals surface area (Å²) >= 11 is 5.77. The van der Waals surface area contributed by atoms with Crippen LogP contribution in [0.5, 0.6) is 5.75 Å². The fraction of sp³-hybridized carbons (Fsp3) is 0.385. The predicted octanol–water partition coefficient (Wildman–Crippen LogP) is 1.99. The standard InChI is InChI=1S/C13H14ClNO4/c1-19-11-5-9(2-3-10(11)13(17)18)15-7-8(6-14)4-12(15)16/h2-3,5,8H,4,6-7H2,1H3,(H,17,18). The Kier molecular flexibility index (Phi) is 3.95. The first-order valence-corrected chi connectivity index (χ1v) is 6.38. The van der Waals surface area contributed by atoms with Crippen LogP contribution in [0.2, 0.25) is 0 Å². The molecule has 1 aromatic carbocycles. The number of rotatable bonds is 4. The first kappa shape index (κ1) is 13.7. The molecule has 1 aromatic rings. The number of hydrogen-bond donors (Lipinski definition) is 1. The van der Waals surface area contributed by atoms with Crippen LogP contribution < -0.4 is 9.64 Å². The van der Waals surface area contributed by atoms with Crippen LogP contribution in [-0.4, -0.2) is 36.5 Å². The van der Waals surface area contributed by atoms with E-state index in [9.17, 15) is 9.59 Å². The molecule has 5 nitrogen and oxygen atoms in total. The van der Waals surface area contributed by atoms with E-state index in [0.717, 1.165) is 0 Å². The summed E-state index contributed by atoms with van der Waals surface area (Å²) in [7, 11) is 1.40. The minimum Gasteiger partial charge on any atom is -0.496 e. The zero-order chi connectivity index (χ0) is 14.0. The van der Waals surface area contributed by atoms with Crippen molar-refractivity contribution in [3.63, 3.8) is 0 Å². The SMILES string of the molecule is COc1cc(N2CC(CCl)CC2=O)ccc1C(=O)O. The minimum atomic E-state index is -1.06. The number of carboxylic acids is 1. The maximum atomic E-state index is 11.9. The largest absolute Gasteiger partial charge is 0.496 e. The molecule has 0 radical (unpaired) electrons. The quantitative estimate of drug-likeness (QED) is 0.858. The van der Waals surface area contributed by atoms with Crippen molar-refractivity contribution in [2.45, 2.75) is 6.42 Å². The second kappa shape index (κ2) is 5.48. The molecule has 0 aromatic heterocycles. The van der Waals surface area contributed by atoms with Gasteiger partial charge in [-0.2, -0.15) is 0 Å². The summed E-state index contributed by atoms with van der Waals surface area (Å²) in [5.41, 5.74) is 0.714. The van der Waals surface area contributed by atoms with Gasteiger partial charge in [-0.1, -0.05) is 0 Å². The molecule has 1 heterocycles. The lowest BCUT2D eigenvalue weighted by Crippen LogP contribution is -2.24. The predicted molar refractivity (Wildman–Crippen MR) is 71.1 cm³/mol. The Labute approximate surface area is 115 Å². The van der Waals surface area contributed by atoms with Crippen molar-refractivity contribution in [3.8, 4) is 5.75 Å². The summed E-state index contributed by atoms with van der Waals surface area (Å²) in [5, 5.41) is 9.01. The molecule has 6 heteroatoms. The Bertz CT molecular complexity index is 517. The van der Waals surface area contributed by atoms with Gasteiger partial charge in [-0.3, -0.25) is 4.79 Å². The van der Waals surface area contributed by atoms with E-state index in [4.69, 9.17) is 21.4 Å². The van der Waals surface area contributed by atoms with Gasteiger partial charge in [0.1, 0.15) is 11.3 Å². The maximum absolute atomic E-state index is 11.9. The molecule has 102 valence electrons. The third kappa shape index (κ3) is 2.66. The first-order valence-electron chi connectivity index (χ1n) is 5.84. The molecule has 1 amide bonds. The van der Waals surface area contributed by atoms with Crippen molar-refractivity contribution < 1.29 is 19.4 Å². The number of anilines is 1. The maximum Gasteiger partial charge on any atom is 0.339 e. The van der Waals surface area contributed by atoms with Gasteiger partial charge >= 0.3 is 5.97 Å². The second-order valence-corrected chi connectivity index (χ2v) is 4.73. The van der Waals surface area contributed by atoms with Crippen LogP contribution in [-0.2, 0) is 4.79 Å². The van der Waals surface area contributed by atoms with E-state index in [2.05, 4.69) is 0 Å². The Balaban J connectivity index is 2.31. The Hall–Kier alpha value is -1.75. The van der Waals surface area contributed by atoms with Crippen molar-refractivity contribution in [2.75, 3.05) is 24.4 Å². The van der Waals surface area contributed by atoms with Gasteiger partial charge in [0.15, 0.2) is 0 Å². The summed E-state index contributed by atoms with van der Waals surface area (Å²) in [6.45, 7) is 0.553. The average molecular weight is 284 g/mol. The van der Waals surface area contributed by atoms with E-state index < -0.39 is 5.97 Å². The van der Waals surface area contributed by atoms with E-state index in [-0.39, 0.29) is 23.1 Å². The average Bonchev–Trinajstić information content (AvgIpc) is 2.79. The number of aromatic carboxylic acids is 1. The van der Waals surface area contributed by atoms with Gasteiger partial charge in [-0.05, 0) is 18.1 Å². The van der Waals surface area contributed by atoms with Crippen LogP contribution in [0.15, 0.2) is 18.2 Å². The lowest BCUT2D eigenvalue weighted by Gasteiger charge is -2.18. The molecule has 2 rings (SSSR count). The number of methoxy groups -OCH3 is 1.